The van der Waals surface area contributed by atoms with Crippen LogP contribution in [0, 0.1) is 6.07 Å². The zero-order chi connectivity index (χ0) is 25.1. The van der Waals surface area contributed by atoms with Gasteiger partial charge in [-0.3, -0.25) is 15.0 Å². The van der Waals surface area contributed by atoms with Gasteiger partial charge in [0, 0.05) is 37.9 Å². The van der Waals surface area contributed by atoms with Crippen LogP contribution >= 0.6 is 0 Å². The van der Waals surface area contributed by atoms with Crippen molar-refractivity contribution in [2.45, 2.75) is 0 Å². The molecule has 0 aliphatic heterocycles. The van der Waals surface area contributed by atoms with Crippen LogP contribution in [0.3, 0.4) is 0 Å². The number of benzene rings is 2. The van der Waals surface area contributed by atoms with Gasteiger partial charge in [0.25, 0.3) is 0 Å². The Hall–Kier alpha value is -4.52. The Morgan fingerprint density at radius 2 is 1.35 bits per heavy atom. The molecule has 0 saturated carbocycles. The number of aromatic nitrogens is 3. The van der Waals surface area contributed by atoms with Crippen LogP contribution in [-0.4, -0.2) is 37.1 Å². The number of carboxylic acids is 2. The van der Waals surface area contributed by atoms with Crippen molar-refractivity contribution in [1.82, 2.24) is 15.0 Å². The summed E-state index contributed by atoms with van der Waals surface area (Å²) in [6, 6.07) is 25.0. The number of rotatable bonds is 4. The number of hydrogen-bond acceptors (Lipinski definition) is 5. The van der Waals surface area contributed by atoms with Crippen LogP contribution in [0.5, 0.6) is 0 Å². The van der Waals surface area contributed by atoms with Crippen molar-refractivity contribution in [1.29, 1.82) is 0 Å². The Bertz CT molecular complexity index is 1600. The van der Waals surface area contributed by atoms with E-state index in [1.807, 2.05) is 24.3 Å². The number of nitrogens with zero attached hydrogens (tertiary/aromatic N) is 3. The second-order valence-electron chi connectivity index (χ2n) is 7.92. The molecule has 2 N–H and O–H groups in total. The number of pyridine rings is 3. The molecule has 183 valence electrons. The third-order valence-corrected chi connectivity index (χ3v) is 5.60. The maximum atomic E-state index is 10.8. The van der Waals surface area contributed by atoms with Gasteiger partial charge in [-0.25, -0.2) is 9.59 Å². The SMILES string of the molecule is O=C(O)c1ccnc(-c2cc(C(=O)O)ccn2)c1.[Ir].[c-]1ccccc1-c1cc2c3c(cccc3n1)C=C2. The molecule has 5 aromatic rings. The van der Waals surface area contributed by atoms with E-state index >= 15 is 0 Å². The molecule has 3 heterocycles. The maximum Gasteiger partial charge on any atom is 0.335 e. The molecule has 6 rings (SSSR count). The van der Waals surface area contributed by atoms with E-state index in [0.29, 0.717) is 11.4 Å². The first-order chi connectivity index (χ1) is 17.5. The van der Waals surface area contributed by atoms with E-state index in [1.165, 1.54) is 53.2 Å². The number of carbonyl (C=O) groups is 2. The molecule has 0 atom stereocenters. The molecule has 1 aliphatic carbocycles. The van der Waals surface area contributed by atoms with Crippen molar-refractivity contribution in [3.8, 4) is 22.6 Å². The van der Waals surface area contributed by atoms with Gasteiger partial charge in [0.05, 0.1) is 28.0 Å². The topological polar surface area (TPSA) is 113 Å². The van der Waals surface area contributed by atoms with E-state index < -0.39 is 11.9 Å². The van der Waals surface area contributed by atoms with Gasteiger partial charge in [-0.05, 0) is 47.2 Å². The summed E-state index contributed by atoms with van der Waals surface area (Å²) in [5.74, 6) is -2.15. The normalized spacial score (nSPS) is 10.8. The maximum absolute atomic E-state index is 10.8. The second kappa shape index (κ2) is 11.0. The average Bonchev–Trinajstić information content (AvgIpc) is 3.34. The van der Waals surface area contributed by atoms with Crippen molar-refractivity contribution in [3.05, 3.63) is 114 Å². The number of hydrogen-bond donors (Lipinski definition) is 2. The standard InChI is InChI=1S/C17H10N.C12H8N2O4.Ir/c1-2-5-12(6-3-1)16-11-14-10-9-13-7-4-8-15(18-16)17(13)14;15-11(16)7-1-3-13-9(5-7)10-6-8(12(17)18)2-4-14-10;/h1-5,7-11H;1-6H,(H,15,16)(H,17,18);/q-1;;. The van der Waals surface area contributed by atoms with Crippen LogP contribution in [0.4, 0.5) is 0 Å². The Morgan fingerprint density at radius 1 is 0.703 bits per heavy atom. The average molecular weight is 665 g/mol. The van der Waals surface area contributed by atoms with Crippen LogP contribution in [-0.2, 0) is 20.1 Å². The molecule has 0 fully saturated rings. The molecule has 0 saturated heterocycles. The van der Waals surface area contributed by atoms with Crippen LogP contribution < -0.4 is 0 Å². The van der Waals surface area contributed by atoms with Crippen molar-refractivity contribution < 1.29 is 39.9 Å². The minimum atomic E-state index is -1.08. The van der Waals surface area contributed by atoms with Crippen molar-refractivity contribution >= 4 is 35.0 Å². The van der Waals surface area contributed by atoms with Gasteiger partial charge in [-0.15, -0.1) is 35.9 Å². The molecule has 0 amide bonds. The molecular weight excluding hydrogens is 647 g/mol. The molecule has 37 heavy (non-hydrogen) atoms. The minimum absolute atomic E-state index is 0. The van der Waals surface area contributed by atoms with Crippen molar-refractivity contribution in [2.75, 3.05) is 0 Å². The molecule has 0 spiro atoms. The first-order valence-electron chi connectivity index (χ1n) is 11.0. The predicted octanol–water partition coefficient (Wildman–Crippen LogP) is 5.72. The van der Waals surface area contributed by atoms with E-state index in [1.54, 1.807) is 0 Å². The third-order valence-electron chi connectivity index (χ3n) is 5.60. The summed E-state index contributed by atoms with van der Waals surface area (Å²) in [4.78, 5) is 34.3. The predicted molar refractivity (Wildman–Crippen MR) is 136 cm³/mol. The quantitative estimate of drug-likeness (QED) is 0.232. The summed E-state index contributed by atoms with van der Waals surface area (Å²) in [5, 5.41) is 19.0. The van der Waals surface area contributed by atoms with Crippen molar-refractivity contribution in [2.24, 2.45) is 0 Å². The first-order valence-corrected chi connectivity index (χ1v) is 11.0. The third kappa shape index (κ3) is 5.51. The summed E-state index contributed by atoms with van der Waals surface area (Å²) >= 11 is 0. The molecule has 0 unspecified atom stereocenters. The Morgan fingerprint density at radius 3 is 1.95 bits per heavy atom. The molecule has 0 bridgehead atoms. The van der Waals surface area contributed by atoms with Crippen LogP contribution in [0.25, 0.3) is 45.7 Å². The van der Waals surface area contributed by atoms with Crippen LogP contribution in [0.1, 0.15) is 31.8 Å². The minimum Gasteiger partial charge on any atom is -0.478 e. The summed E-state index contributed by atoms with van der Waals surface area (Å²) in [7, 11) is 0. The van der Waals surface area contributed by atoms with E-state index in [4.69, 9.17) is 15.2 Å². The van der Waals surface area contributed by atoms with Gasteiger partial charge in [0.1, 0.15) is 0 Å². The monoisotopic (exact) mass is 665 g/mol. The zero-order valence-corrected chi connectivity index (χ0v) is 21.5. The van der Waals surface area contributed by atoms with Gasteiger partial charge in [0.15, 0.2) is 0 Å². The van der Waals surface area contributed by atoms with E-state index in [0.717, 1.165) is 16.8 Å². The largest absolute Gasteiger partial charge is 0.478 e. The van der Waals surface area contributed by atoms with Crippen LogP contribution in [0.2, 0.25) is 0 Å². The second-order valence-corrected chi connectivity index (χ2v) is 7.92. The fourth-order valence-corrected chi connectivity index (χ4v) is 3.89. The fraction of sp³-hybridized carbons (Fsp3) is 0. The van der Waals surface area contributed by atoms with Gasteiger partial charge < -0.3 is 10.2 Å². The summed E-state index contributed by atoms with van der Waals surface area (Å²) in [5.41, 5.74) is 6.38. The Labute approximate surface area is 225 Å². The van der Waals surface area contributed by atoms with Gasteiger partial charge >= 0.3 is 11.9 Å². The van der Waals surface area contributed by atoms with E-state index in [2.05, 4.69) is 52.5 Å². The first kappa shape index (κ1) is 25.6. The Balaban J connectivity index is 0.000000168. The number of carboxylic acid groups (broad SMARTS) is 2. The fourth-order valence-electron chi connectivity index (χ4n) is 3.89. The number of aromatic carboxylic acids is 2. The Kier molecular flexibility index (Phi) is 7.63. The summed E-state index contributed by atoms with van der Waals surface area (Å²) < 4.78 is 0. The van der Waals surface area contributed by atoms with Gasteiger partial charge in [0.2, 0.25) is 0 Å². The molecule has 2 aromatic carbocycles. The smallest absolute Gasteiger partial charge is 0.335 e. The zero-order valence-electron chi connectivity index (χ0n) is 19.1. The van der Waals surface area contributed by atoms with Crippen LogP contribution in [0.15, 0.2) is 85.2 Å². The summed E-state index contributed by atoms with van der Waals surface area (Å²) in [6.07, 6.45) is 6.99. The molecule has 3 aromatic heterocycles. The molecule has 1 aliphatic rings. The van der Waals surface area contributed by atoms with E-state index in [9.17, 15) is 9.59 Å². The molecule has 7 nitrogen and oxygen atoms in total. The molecular formula is C29H18IrN3O4-. The molecule has 1 radical (unpaired) electrons. The van der Waals surface area contributed by atoms with Gasteiger partial charge in [-0.2, -0.15) is 0 Å². The van der Waals surface area contributed by atoms with Gasteiger partial charge in [-0.1, -0.05) is 30.4 Å². The van der Waals surface area contributed by atoms with Crippen molar-refractivity contribution in [3.63, 3.8) is 0 Å². The summed E-state index contributed by atoms with van der Waals surface area (Å²) in [6.45, 7) is 0. The van der Waals surface area contributed by atoms with E-state index in [-0.39, 0.29) is 31.2 Å². The molecule has 8 heteroatoms.